The maximum atomic E-state index is 9.57. The first kappa shape index (κ1) is 21.4. The van der Waals surface area contributed by atoms with Gasteiger partial charge in [-0.1, -0.05) is 74.4 Å². The second-order valence-corrected chi connectivity index (χ2v) is 10.9. The van der Waals surface area contributed by atoms with Gasteiger partial charge in [-0.25, -0.2) is 0 Å². The highest BCUT2D eigenvalue weighted by molar-refractivity contribution is 7.40. The van der Waals surface area contributed by atoms with Crippen LogP contribution in [0.1, 0.15) is 79.9 Å². The van der Waals surface area contributed by atoms with E-state index in [0.29, 0.717) is 10.9 Å². The van der Waals surface area contributed by atoms with Crippen molar-refractivity contribution in [3.05, 3.63) is 29.3 Å². The Hall–Kier alpha value is -0.550. The lowest BCUT2D eigenvalue weighted by Crippen LogP contribution is -2.15. The van der Waals surface area contributed by atoms with Crippen LogP contribution in [-0.4, -0.2) is 15.9 Å². The molecule has 0 bridgehead atoms. The molecule has 0 aromatic heterocycles. The normalized spacial score (nSPS) is 12.6. The first-order chi connectivity index (χ1) is 9.92. The Bertz CT molecular complexity index is 442. The van der Waals surface area contributed by atoms with Crippen molar-refractivity contribution in [3.63, 3.8) is 0 Å². The van der Waals surface area contributed by atoms with E-state index in [0.717, 1.165) is 32.6 Å². The molecule has 0 fully saturated rings. The minimum absolute atomic E-state index is 0.206. The fourth-order valence-electron chi connectivity index (χ4n) is 2.36. The molecule has 1 aromatic carbocycles. The number of aryl methyl sites for hydroxylation is 1. The number of aromatic hydroxyl groups is 1. The van der Waals surface area contributed by atoms with Crippen molar-refractivity contribution in [2.45, 2.75) is 91.4 Å². The van der Waals surface area contributed by atoms with Crippen LogP contribution < -0.4 is 0 Å². The zero-order chi connectivity index (χ0) is 17.6. The maximum Gasteiger partial charge on any atom is 0.118 e. The van der Waals surface area contributed by atoms with Crippen LogP contribution in [0, 0.1) is 0 Å². The molecule has 0 aliphatic rings. The van der Waals surface area contributed by atoms with Crippen LogP contribution in [0.2, 0.25) is 0 Å². The zero-order valence-corrected chi connectivity index (χ0v) is 17.2. The monoisotopic (exact) mass is 324 g/mol. The molecule has 0 saturated heterocycles. The van der Waals surface area contributed by atoms with Crippen LogP contribution in [0.15, 0.2) is 18.2 Å². The van der Waals surface area contributed by atoms with E-state index in [1.807, 2.05) is 12.1 Å². The highest BCUT2D eigenvalue weighted by Gasteiger charge is 2.18. The van der Waals surface area contributed by atoms with Crippen molar-refractivity contribution in [1.82, 2.24) is 0 Å². The van der Waals surface area contributed by atoms with Crippen molar-refractivity contribution < 1.29 is 5.11 Å². The summed E-state index contributed by atoms with van der Waals surface area (Å²) in [5.41, 5.74) is 3.44. The SMILES string of the molecule is CC(C)PC(C)(C)C.CCc1cc(C(C)(C)CC)ccc1O. The van der Waals surface area contributed by atoms with Gasteiger partial charge in [0.2, 0.25) is 0 Å². The van der Waals surface area contributed by atoms with E-state index in [4.69, 9.17) is 0 Å². The van der Waals surface area contributed by atoms with Gasteiger partial charge in [0.15, 0.2) is 0 Å². The van der Waals surface area contributed by atoms with E-state index >= 15 is 0 Å². The maximum absolute atomic E-state index is 9.57. The lowest BCUT2D eigenvalue weighted by atomic mass is 9.81. The van der Waals surface area contributed by atoms with E-state index < -0.39 is 0 Å². The van der Waals surface area contributed by atoms with Crippen LogP contribution in [-0.2, 0) is 11.8 Å². The highest BCUT2D eigenvalue weighted by Crippen LogP contribution is 2.34. The second-order valence-electron chi connectivity index (χ2n) is 7.98. The molecule has 1 nitrogen and oxygen atoms in total. The Morgan fingerprint density at radius 3 is 1.91 bits per heavy atom. The average Bonchev–Trinajstić information content (AvgIpc) is 2.36. The van der Waals surface area contributed by atoms with Gasteiger partial charge >= 0.3 is 0 Å². The van der Waals surface area contributed by atoms with Gasteiger partial charge in [-0.05, 0) is 46.3 Å². The van der Waals surface area contributed by atoms with Crippen LogP contribution >= 0.6 is 8.58 Å². The van der Waals surface area contributed by atoms with Crippen molar-refractivity contribution in [3.8, 4) is 5.75 Å². The number of benzene rings is 1. The molecule has 0 amide bonds. The standard InChI is InChI=1S/C13H20O.C7H17P/c1-5-10-9-11(7-8-12(10)14)13(3,4)6-2;1-6(2)8-7(3,4)5/h7-9,14H,5-6H2,1-4H3;6,8H,1-5H3. The quantitative estimate of drug-likeness (QED) is 0.626. The Morgan fingerprint density at radius 1 is 1.05 bits per heavy atom. The molecule has 0 saturated carbocycles. The molecule has 1 aromatic rings. The summed E-state index contributed by atoms with van der Waals surface area (Å²) in [6.45, 7) is 20.2. The summed E-state index contributed by atoms with van der Waals surface area (Å²) in [7, 11) is 1.10. The Kier molecular flexibility index (Phi) is 8.70. The van der Waals surface area contributed by atoms with Crippen LogP contribution in [0.3, 0.4) is 0 Å². The molecule has 1 N–H and O–H groups in total. The van der Waals surface area contributed by atoms with Crippen molar-refractivity contribution in [1.29, 1.82) is 0 Å². The third-order valence-electron chi connectivity index (χ3n) is 3.85. The molecule has 1 atom stereocenters. The molecule has 0 spiro atoms. The third kappa shape index (κ3) is 8.18. The van der Waals surface area contributed by atoms with Crippen LogP contribution in [0.25, 0.3) is 0 Å². The first-order valence-electron chi connectivity index (χ1n) is 8.53. The number of rotatable bonds is 4. The Labute approximate surface area is 140 Å². The van der Waals surface area contributed by atoms with Gasteiger partial charge in [0.1, 0.15) is 5.75 Å². The van der Waals surface area contributed by atoms with Gasteiger partial charge in [0, 0.05) is 0 Å². The third-order valence-corrected chi connectivity index (χ3v) is 5.29. The minimum atomic E-state index is 0.206. The van der Waals surface area contributed by atoms with Gasteiger partial charge in [-0.2, -0.15) is 0 Å². The summed E-state index contributed by atoms with van der Waals surface area (Å²) in [5.74, 6) is 0.420. The molecule has 0 aliphatic heterocycles. The molecule has 2 heteroatoms. The van der Waals surface area contributed by atoms with Crippen molar-refractivity contribution >= 4 is 8.58 Å². The number of phenolic OH excluding ortho intramolecular Hbond substituents is 1. The summed E-state index contributed by atoms with van der Waals surface area (Å²) in [5, 5.41) is 10.1. The summed E-state index contributed by atoms with van der Waals surface area (Å²) in [6.07, 6.45) is 2.00. The number of hydrogen-bond acceptors (Lipinski definition) is 1. The van der Waals surface area contributed by atoms with Crippen molar-refractivity contribution in [2.24, 2.45) is 0 Å². The molecule has 22 heavy (non-hydrogen) atoms. The highest BCUT2D eigenvalue weighted by atomic mass is 31.1. The largest absolute Gasteiger partial charge is 0.508 e. The van der Waals surface area contributed by atoms with Gasteiger partial charge < -0.3 is 5.11 Å². The molecule has 0 aliphatic carbocycles. The Morgan fingerprint density at radius 2 is 1.59 bits per heavy atom. The van der Waals surface area contributed by atoms with E-state index in [1.54, 1.807) is 0 Å². The lowest BCUT2D eigenvalue weighted by Gasteiger charge is -2.24. The van der Waals surface area contributed by atoms with Gasteiger partial charge in [0.25, 0.3) is 0 Å². The molecular weight excluding hydrogens is 287 g/mol. The topological polar surface area (TPSA) is 20.2 Å². The predicted molar refractivity (Wildman–Crippen MR) is 104 cm³/mol. The van der Waals surface area contributed by atoms with Gasteiger partial charge in [0.05, 0.1) is 0 Å². The van der Waals surface area contributed by atoms with Crippen LogP contribution in [0.5, 0.6) is 5.75 Å². The summed E-state index contributed by atoms with van der Waals surface area (Å²) in [4.78, 5) is 0. The molecular formula is C20H37OP. The number of hydrogen-bond donors (Lipinski definition) is 1. The minimum Gasteiger partial charge on any atom is -0.508 e. The summed E-state index contributed by atoms with van der Waals surface area (Å²) in [6, 6.07) is 5.96. The first-order valence-corrected chi connectivity index (χ1v) is 9.60. The molecule has 0 heterocycles. The summed E-state index contributed by atoms with van der Waals surface area (Å²) < 4.78 is 0. The average molecular weight is 324 g/mol. The number of phenols is 1. The molecule has 1 unspecified atom stereocenters. The molecule has 0 radical (unpaired) electrons. The Balaban J connectivity index is 0.000000472. The van der Waals surface area contributed by atoms with E-state index in [-0.39, 0.29) is 5.41 Å². The van der Waals surface area contributed by atoms with Crippen molar-refractivity contribution in [2.75, 3.05) is 0 Å². The molecule has 1 rings (SSSR count). The van der Waals surface area contributed by atoms with Crippen LogP contribution in [0.4, 0.5) is 0 Å². The summed E-state index contributed by atoms with van der Waals surface area (Å²) >= 11 is 0. The second kappa shape index (κ2) is 8.92. The van der Waals surface area contributed by atoms with E-state index in [1.165, 1.54) is 5.56 Å². The van der Waals surface area contributed by atoms with E-state index in [9.17, 15) is 5.11 Å². The fraction of sp³-hybridized carbons (Fsp3) is 0.700. The molecule has 128 valence electrons. The fourth-order valence-corrected chi connectivity index (χ4v) is 4.09. The van der Waals surface area contributed by atoms with Gasteiger partial charge in [-0.3, -0.25) is 0 Å². The lowest BCUT2D eigenvalue weighted by molar-refractivity contribution is 0.464. The van der Waals surface area contributed by atoms with Gasteiger partial charge in [-0.15, -0.1) is 8.58 Å². The predicted octanol–water partition coefficient (Wildman–Crippen LogP) is 6.51. The van der Waals surface area contributed by atoms with E-state index in [2.05, 4.69) is 68.4 Å². The zero-order valence-electron chi connectivity index (χ0n) is 16.2. The smallest absolute Gasteiger partial charge is 0.118 e.